The molecule has 0 heterocycles. The number of thiocarbonyl (C=S) groups is 1. The molecule has 2 aromatic carbocycles. The van der Waals surface area contributed by atoms with Gasteiger partial charge in [0.05, 0.1) is 16.8 Å². The van der Waals surface area contributed by atoms with Crippen LogP contribution in [-0.2, 0) is 0 Å². The monoisotopic (exact) mass is 430 g/mol. The Morgan fingerprint density at radius 1 is 1.24 bits per heavy atom. The third-order valence-corrected chi connectivity index (χ3v) is 4.04. The van der Waals surface area contributed by atoms with E-state index >= 15 is 0 Å². The summed E-state index contributed by atoms with van der Waals surface area (Å²) in [5, 5.41) is 2.62. The average Bonchev–Trinajstić information content (AvgIpc) is 2.37. The van der Waals surface area contributed by atoms with Crippen LogP contribution in [0.1, 0.15) is 15.9 Å². The number of nitrogens with one attached hydrogen (secondary N) is 1. The van der Waals surface area contributed by atoms with E-state index in [-0.39, 0.29) is 16.2 Å². The lowest BCUT2D eigenvalue weighted by molar-refractivity contribution is 0.102. The smallest absolute Gasteiger partial charge is 0.256 e. The SMILES string of the molecule is NC(=S)c1c(F)cccc1NC(=O)c1ccc(Br)cc1Br. The van der Waals surface area contributed by atoms with Gasteiger partial charge in [0.1, 0.15) is 10.8 Å². The van der Waals surface area contributed by atoms with Crippen molar-refractivity contribution in [3.63, 3.8) is 0 Å². The predicted molar refractivity (Wildman–Crippen MR) is 92.1 cm³/mol. The first-order chi connectivity index (χ1) is 9.90. The van der Waals surface area contributed by atoms with Gasteiger partial charge >= 0.3 is 0 Å². The topological polar surface area (TPSA) is 55.1 Å². The highest BCUT2D eigenvalue weighted by molar-refractivity contribution is 9.11. The molecule has 0 unspecified atom stereocenters. The van der Waals surface area contributed by atoms with Gasteiger partial charge in [0.15, 0.2) is 0 Å². The molecule has 1 amide bonds. The van der Waals surface area contributed by atoms with Crippen LogP contribution in [0.15, 0.2) is 45.3 Å². The zero-order valence-corrected chi connectivity index (χ0v) is 14.5. The molecular weight excluding hydrogens is 423 g/mol. The second-order valence-electron chi connectivity index (χ2n) is 4.10. The van der Waals surface area contributed by atoms with Crippen molar-refractivity contribution in [3.05, 3.63) is 62.3 Å². The Kier molecular flexibility index (Phi) is 5.08. The minimum Gasteiger partial charge on any atom is -0.389 e. The van der Waals surface area contributed by atoms with Gasteiger partial charge in [-0.05, 0) is 46.3 Å². The lowest BCUT2D eigenvalue weighted by atomic mass is 10.1. The molecule has 0 radical (unpaired) electrons. The molecule has 21 heavy (non-hydrogen) atoms. The number of carbonyl (C=O) groups is 1. The Morgan fingerprint density at radius 3 is 2.57 bits per heavy atom. The lowest BCUT2D eigenvalue weighted by Gasteiger charge is -2.11. The standard InChI is InChI=1S/C14H9Br2FN2OS/c15-7-4-5-8(9(16)6-7)14(20)19-11-3-1-2-10(17)12(11)13(18)21/h1-6H,(H2,18,21)(H,19,20). The van der Waals surface area contributed by atoms with E-state index in [0.717, 1.165) is 4.47 Å². The molecule has 0 aromatic heterocycles. The fraction of sp³-hybridized carbons (Fsp3) is 0. The van der Waals surface area contributed by atoms with Crippen LogP contribution < -0.4 is 11.1 Å². The van der Waals surface area contributed by atoms with Gasteiger partial charge in [0, 0.05) is 8.95 Å². The average molecular weight is 432 g/mol. The second kappa shape index (κ2) is 6.64. The summed E-state index contributed by atoms with van der Waals surface area (Å²) in [5.74, 6) is -0.965. The second-order valence-corrected chi connectivity index (χ2v) is 6.31. The van der Waals surface area contributed by atoms with Crippen LogP contribution in [0.25, 0.3) is 0 Å². The Balaban J connectivity index is 2.36. The maximum absolute atomic E-state index is 13.8. The third kappa shape index (κ3) is 3.66. The van der Waals surface area contributed by atoms with Gasteiger partial charge in [0.2, 0.25) is 0 Å². The molecule has 2 aromatic rings. The molecular formula is C14H9Br2FN2OS. The summed E-state index contributed by atoms with van der Waals surface area (Å²) < 4.78 is 15.2. The number of rotatable bonds is 3. The Morgan fingerprint density at radius 2 is 1.95 bits per heavy atom. The molecule has 3 nitrogen and oxygen atoms in total. The van der Waals surface area contributed by atoms with Crippen molar-refractivity contribution in [1.29, 1.82) is 0 Å². The molecule has 3 N–H and O–H groups in total. The fourth-order valence-corrected chi connectivity index (χ4v) is 3.18. The van der Waals surface area contributed by atoms with Gasteiger partial charge in [0.25, 0.3) is 5.91 Å². The number of hydrogen-bond acceptors (Lipinski definition) is 2. The summed E-state index contributed by atoms with van der Waals surface area (Å²) in [6.45, 7) is 0. The summed E-state index contributed by atoms with van der Waals surface area (Å²) >= 11 is 11.4. The number of nitrogens with two attached hydrogens (primary N) is 1. The molecule has 0 bridgehead atoms. The molecule has 0 saturated heterocycles. The fourth-order valence-electron chi connectivity index (χ4n) is 1.74. The largest absolute Gasteiger partial charge is 0.389 e. The van der Waals surface area contributed by atoms with Crippen LogP contribution in [-0.4, -0.2) is 10.9 Å². The van der Waals surface area contributed by atoms with E-state index < -0.39 is 11.7 Å². The van der Waals surface area contributed by atoms with Crippen molar-refractivity contribution in [2.75, 3.05) is 5.32 Å². The van der Waals surface area contributed by atoms with Gasteiger partial charge in [-0.15, -0.1) is 0 Å². The number of amides is 1. The van der Waals surface area contributed by atoms with E-state index in [1.807, 2.05) is 0 Å². The van der Waals surface area contributed by atoms with Crippen molar-refractivity contribution in [2.45, 2.75) is 0 Å². The number of carbonyl (C=O) groups excluding carboxylic acids is 1. The highest BCUT2D eigenvalue weighted by Crippen LogP contribution is 2.24. The Hall–Kier alpha value is -1.31. The molecule has 0 aliphatic rings. The van der Waals surface area contributed by atoms with Gasteiger partial charge in [-0.2, -0.15) is 0 Å². The van der Waals surface area contributed by atoms with E-state index in [0.29, 0.717) is 10.0 Å². The number of halogens is 3. The van der Waals surface area contributed by atoms with Crippen LogP contribution in [0.3, 0.4) is 0 Å². The van der Waals surface area contributed by atoms with E-state index in [9.17, 15) is 9.18 Å². The molecule has 2 rings (SSSR count). The van der Waals surface area contributed by atoms with Crippen LogP contribution in [0.2, 0.25) is 0 Å². The summed E-state index contributed by atoms with van der Waals surface area (Å²) in [6, 6.07) is 9.38. The van der Waals surface area contributed by atoms with E-state index in [1.54, 1.807) is 24.3 Å². The predicted octanol–water partition coefficient (Wildman–Crippen LogP) is 4.24. The highest BCUT2D eigenvalue weighted by atomic mass is 79.9. The molecule has 0 spiro atoms. The van der Waals surface area contributed by atoms with Crippen molar-refractivity contribution in [2.24, 2.45) is 5.73 Å². The quantitative estimate of drug-likeness (QED) is 0.714. The van der Waals surface area contributed by atoms with Crippen molar-refractivity contribution in [3.8, 4) is 0 Å². The van der Waals surface area contributed by atoms with Crippen LogP contribution >= 0.6 is 44.1 Å². The molecule has 7 heteroatoms. The van der Waals surface area contributed by atoms with Gasteiger partial charge < -0.3 is 11.1 Å². The normalized spacial score (nSPS) is 10.2. The molecule has 0 atom stereocenters. The van der Waals surface area contributed by atoms with Crippen LogP contribution in [0, 0.1) is 5.82 Å². The van der Waals surface area contributed by atoms with E-state index in [2.05, 4.69) is 37.2 Å². The Bertz CT molecular complexity index is 737. The summed E-state index contributed by atoms with van der Waals surface area (Å²) in [5.41, 5.74) is 6.18. The van der Waals surface area contributed by atoms with Gasteiger partial charge in [-0.3, -0.25) is 4.79 Å². The number of hydrogen-bond donors (Lipinski definition) is 2. The number of anilines is 1. The maximum Gasteiger partial charge on any atom is 0.256 e. The van der Waals surface area contributed by atoms with E-state index in [1.165, 1.54) is 12.1 Å². The zero-order chi connectivity index (χ0) is 15.6. The maximum atomic E-state index is 13.8. The van der Waals surface area contributed by atoms with Crippen molar-refractivity contribution in [1.82, 2.24) is 0 Å². The first-order valence-electron chi connectivity index (χ1n) is 5.75. The molecule has 108 valence electrons. The van der Waals surface area contributed by atoms with Gasteiger partial charge in [-0.1, -0.05) is 34.2 Å². The molecule has 0 aliphatic heterocycles. The summed E-state index contributed by atoms with van der Waals surface area (Å²) in [4.78, 5) is 12.2. The number of benzene rings is 2. The third-order valence-electron chi connectivity index (χ3n) is 2.68. The Labute approximate surface area is 143 Å². The lowest BCUT2D eigenvalue weighted by Crippen LogP contribution is -2.19. The van der Waals surface area contributed by atoms with Crippen molar-refractivity contribution >= 4 is 60.7 Å². The molecule has 0 fully saturated rings. The molecule has 0 aliphatic carbocycles. The highest BCUT2D eigenvalue weighted by Gasteiger charge is 2.16. The molecule has 0 saturated carbocycles. The minimum absolute atomic E-state index is 0.0223. The first kappa shape index (κ1) is 16.1. The zero-order valence-electron chi connectivity index (χ0n) is 10.5. The minimum atomic E-state index is -0.574. The van der Waals surface area contributed by atoms with Crippen molar-refractivity contribution < 1.29 is 9.18 Å². The van der Waals surface area contributed by atoms with Gasteiger partial charge in [-0.25, -0.2) is 4.39 Å². The van der Waals surface area contributed by atoms with Crippen LogP contribution in [0.5, 0.6) is 0 Å². The van der Waals surface area contributed by atoms with E-state index in [4.69, 9.17) is 18.0 Å². The first-order valence-corrected chi connectivity index (χ1v) is 7.74. The summed E-state index contributed by atoms with van der Waals surface area (Å²) in [7, 11) is 0. The summed E-state index contributed by atoms with van der Waals surface area (Å²) in [6.07, 6.45) is 0. The van der Waals surface area contributed by atoms with Crippen LogP contribution in [0.4, 0.5) is 10.1 Å².